The molecule has 18 rings (SSSR count). The number of hydrogen-bond donors (Lipinski definition) is 0. The summed E-state index contributed by atoms with van der Waals surface area (Å²) in [7, 11) is 0. The van der Waals surface area contributed by atoms with Crippen molar-refractivity contribution in [2.24, 2.45) is 0 Å². The molecule has 18 aromatic carbocycles. The van der Waals surface area contributed by atoms with Crippen molar-refractivity contribution in [3.8, 4) is 111 Å². The second kappa shape index (κ2) is 35.0. The first kappa shape index (κ1) is 75.9. The van der Waals surface area contributed by atoms with Gasteiger partial charge in [0.15, 0.2) is 0 Å². The Hall–Kier alpha value is -15.4. The smallest absolute Gasteiger partial charge is 0.0562 e. The summed E-state index contributed by atoms with van der Waals surface area (Å²) in [5.41, 5.74) is 36.4. The van der Waals surface area contributed by atoms with E-state index < -0.39 is 0 Å². The third-order valence-corrected chi connectivity index (χ3v) is 22.8. The van der Waals surface area contributed by atoms with E-state index in [1.54, 1.807) is 0 Å². The molecule has 0 N–H and O–H groups in total. The minimum Gasteiger partial charge on any atom is -0.310 e. The van der Waals surface area contributed by atoms with Crippen LogP contribution in [0.3, 0.4) is 0 Å². The summed E-state index contributed by atoms with van der Waals surface area (Å²) in [4.78, 5) is 7.81. The van der Waals surface area contributed by atoms with Crippen molar-refractivity contribution < 1.29 is 0 Å². The van der Waals surface area contributed by atoms with Crippen LogP contribution in [0.5, 0.6) is 0 Å². The molecule has 572 valence electrons. The van der Waals surface area contributed by atoms with E-state index in [0.29, 0.717) is 0 Å². The largest absolute Gasteiger partial charge is 0.310 e. The topological polar surface area (TPSA) is 9.72 Å². The van der Waals surface area contributed by atoms with Crippen LogP contribution in [0.1, 0.15) is 27.8 Å². The highest BCUT2D eigenvalue weighted by Gasteiger charge is 2.34. The Morgan fingerprint density at radius 2 is 0.400 bits per heavy atom. The van der Waals surface area contributed by atoms with E-state index in [1.807, 2.05) is 6.08 Å². The average molecular weight is 1540 g/mol. The first-order chi connectivity index (χ1) is 59.2. The lowest BCUT2D eigenvalue weighted by Gasteiger charge is -2.39. The summed E-state index contributed by atoms with van der Waals surface area (Å²) < 4.78 is 0. The fourth-order valence-corrected chi connectivity index (χ4v) is 17.0. The van der Waals surface area contributed by atoms with Crippen LogP contribution in [0.15, 0.2) is 479 Å². The second-order valence-corrected chi connectivity index (χ2v) is 30.6. The number of nitrogens with zero attached hydrogens (tertiary/aromatic N) is 3. The third kappa shape index (κ3) is 16.3. The average Bonchev–Trinajstić information content (AvgIpc) is 0.719. The molecule has 0 amide bonds. The Bertz CT molecular complexity index is 5850. The van der Waals surface area contributed by atoms with Gasteiger partial charge in [0.25, 0.3) is 0 Å². The highest BCUT2D eigenvalue weighted by Crippen LogP contribution is 2.56. The Morgan fingerprint density at radius 3 is 0.617 bits per heavy atom. The summed E-state index contributed by atoms with van der Waals surface area (Å²) in [6.07, 6.45) is 6.74. The van der Waals surface area contributed by atoms with Crippen LogP contribution in [0.2, 0.25) is 0 Å². The minimum absolute atomic E-state index is 0.902. The summed E-state index contributed by atoms with van der Waals surface area (Å²) in [6.45, 7) is 11.8. The molecule has 0 aliphatic carbocycles. The molecule has 0 spiro atoms. The molecule has 120 heavy (non-hydrogen) atoms. The van der Waals surface area contributed by atoms with E-state index in [0.717, 1.165) is 196 Å². The van der Waals surface area contributed by atoms with Crippen molar-refractivity contribution in [2.45, 2.75) is 20.8 Å². The summed E-state index contributed by atoms with van der Waals surface area (Å²) in [6, 6.07) is 167. The highest BCUT2D eigenvalue weighted by atomic mass is 15.2. The Balaban J connectivity index is 1.08. The predicted octanol–water partition coefficient (Wildman–Crippen LogP) is 32.7. The number of allylic oxidation sites excluding steroid dienone is 3. The molecule has 0 radical (unpaired) electrons. The van der Waals surface area contributed by atoms with Gasteiger partial charge in [0.1, 0.15) is 0 Å². The Morgan fingerprint density at radius 1 is 0.208 bits per heavy atom. The Kier molecular flexibility index (Phi) is 22.1. The zero-order valence-corrected chi connectivity index (χ0v) is 67.6. The fourth-order valence-electron chi connectivity index (χ4n) is 17.0. The van der Waals surface area contributed by atoms with Gasteiger partial charge in [-0.15, -0.1) is 0 Å². The number of rotatable bonds is 23. The molecule has 0 unspecified atom stereocenters. The first-order valence-corrected chi connectivity index (χ1v) is 41.2. The van der Waals surface area contributed by atoms with E-state index in [2.05, 4.69) is 509 Å². The van der Waals surface area contributed by atoms with Gasteiger partial charge < -0.3 is 14.7 Å². The van der Waals surface area contributed by atoms with Crippen molar-refractivity contribution in [3.63, 3.8) is 0 Å². The van der Waals surface area contributed by atoms with Crippen LogP contribution >= 0.6 is 0 Å². The van der Waals surface area contributed by atoms with Gasteiger partial charge in [0.05, 0.1) is 17.1 Å². The lowest BCUT2D eigenvalue weighted by Crippen LogP contribution is -2.24. The van der Waals surface area contributed by atoms with Gasteiger partial charge in [-0.2, -0.15) is 0 Å². The molecule has 3 heteroatoms. The molecule has 0 bridgehead atoms. The molecule has 0 aromatic heterocycles. The highest BCUT2D eigenvalue weighted by molar-refractivity contribution is 6.02. The number of anilines is 8. The standard InChI is InChI=1S/C117H89N3/c1-5-87(88-44-20-7-21-45-88)72-109(66-86-42-18-6-19-43-86)118(110-73-99(89-46-22-8-23-47-89)67-100(74-110)90-48-24-9-25-49-90)115-83(2)116(119(111-75-101(91-50-26-10-27-51-91)68-102(76-111)92-52-28-11-29-53-92)112-77-103(93-54-30-12-31-55-93)69-104(78-112)94-56-32-13-33-57-94)85(4)117(84(115)3)120(113-79-105(95-58-34-14-35-59-95)70-106(80-113)96-60-36-15-37-61-96)114-81-107(97-62-38-16-39-63-97)71-108(82-114)98-64-40-17-41-65-98/h5-82H,1H2,2-4H3/b87-72+,109-66+. The maximum absolute atomic E-state index is 4.67. The lowest BCUT2D eigenvalue weighted by molar-refractivity contribution is 1.12. The van der Waals surface area contributed by atoms with Crippen molar-refractivity contribution in [3.05, 3.63) is 507 Å². The van der Waals surface area contributed by atoms with Gasteiger partial charge in [0.2, 0.25) is 0 Å². The van der Waals surface area contributed by atoms with Gasteiger partial charge in [-0.25, -0.2) is 0 Å². The molecule has 0 saturated carbocycles. The molecule has 0 fully saturated rings. The molecule has 0 aliphatic rings. The SMILES string of the molecule is C=C/C(=C\C(=C/c1ccccc1)N(c1cc(-c2ccccc2)cc(-c2ccccc2)c1)c1c(C)c(N(c2cc(-c3ccccc3)cc(-c3ccccc3)c2)c2cc(-c3ccccc3)cc(-c3ccccc3)c2)c(C)c(N(c2cc(-c3ccccc3)cc(-c3ccccc3)c2)c2cc(-c3ccccc3)cc(-c3ccccc3)c2)c1C)c1ccccc1. The Labute approximate surface area is 706 Å². The van der Waals surface area contributed by atoms with E-state index in [1.165, 1.54) is 0 Å². The maximum atomic E-state index is 4.67. The van der Waals surface area contributed by atoms with Crippen LogP contribution in [0.4, 0.5) is 45.5 Å². The van der Waals surface area contributed by atoms with Crippen LogP contribution in [-0.4, -0.2) is 0 Å². The maximum Gasteiger partial charge on any atom is 0.0562 e. The molecule has 0 saturated heterocycles. The van der Waals surface area contributed by atoms with Gasteiger partial charge in [-0.1, -0.05) is 377 Å². The summed E-state index contributed by atoms with van der Waals surface area (Å²) in [5, 5.41) is 0. The van der Waals surface area contributed by atoms with E-state index >= 15 is 0 Å². The van der Waals surface area contributed by atoms with Crippen LogP contribution < -0.4 is 14.7 Å². The van der Waals surface area contributed by atoms with E-state index in [-0.39, 0.29) is 0 Å². The van der Waals surface area contributed by atoms with E-state index in [4.69, 9.17) is 0 Å². The summed E-state index contributed by atoms with van der Waals surface area (Å²) >= 11 is 0. The van der Waals surface area contributed by atoms with Crippen LogP contribution in [0, 0.1) is 20.8 Å². The van der Waals surface area contributed by atoms with Gasteiger partial charge in [0, 0.05) is 34.1 Å². The first-order valence-electron chi connectivity index (χ1n) is 41.2. The zero-order chi connectivity index (χ0) is 81.1. The van der Waals surface area contributed by atoms with E-state index in [9.17, 15) is 0 Å². The quantitative estimate of drug-likeness (QED) is 0.0591. The molecule has 0 aliphatic heterocycles. The normalized spacial score (nSPS) is 11.4. The van der Waals surface area contributed by atoms with Gasteiger partial charge >= 0.3 is 0 Å². The summed E-state index contributed by atoms with van der Waals surface area (Å²) in [5.74, 6) is 0. The van der Waals surface area contributed by atoms with Crippen molar-refractivity contribution >= 4 is 57.1 Å². The van der Waals surface area contributed by atoms with Crippen molar-refractivity contribution in [1.82, 2.24) is 0 Å². The van der Waals surface area contributed by atoms with Crippen LogP contribution in [-0.2, 0) is 0 Å². The molecule has 18 aromatic rings. The number of hydrogen-bond acceptors (Lipinski definition) is 3. The second-order valence-electron chi connectivity index (χ2n) is 30.6. The number of benzene rings is 18. The zero-order valence-electron chi connectivity index (χ0n) is 67.6. The monoisotopic (exact) mass is 1540 g/mol. The third-order valence-electron chi connectivity index (χ3n) is 22.8. The fraction of sp³-hybridized carbons (Fsp3) is 0.0256. The predicted molar refractivity (Wildman–Crippen MR) is 512 cm³/mol. The molecule has 0 atom stereocenters. The van der Waals surface area contributed by atoms with Gasteiger partial charge in [-0.05, 0) is 269 Å². The van der Waals surface area contributed by atoms with Crippen molar-refractivity contribution in [1.29, 1.82) is 0 Å². The molecule has 3 nitrogen and oxygen atoms in total. The molecule has 0 heterocycles. The minimum atomic E-state index is 0.902. The van der Waals surface area contributed by atoms with Gasteiger partial charge in [-0.3, -0.25) is 0 Å². The lowest BCUT2D eigenvalue weighted by atomic mass is 9.90. The van der Waals surface area contributed by atoms with Crippen LogP contribution in [0.25, 0.3) is 123 Å². The molecular weight excluding hydrogens is 1450 g/mol. The van der Waals surface area contributed by atoms with Crippen molar-refractivity contribution in [2.75, 3.05) is 14.7 Å². The molecular formula is C117H89N3.